The Hall–Kier alpha value is -3.41. The lowest BCUT2D eigenvalue weighted by Gasteiger charge is -2.20. The molecule has 0 aliphatic heterocycles. The van der Waals surface area contributed by atoms with E-state index in [0.29, 0.717) is 40.6 Å². The molecule has 6 heteroatoms. The number of carbonyl (C=O) groups excluding carboxylic acids is 1. The van der Waals surface area contributed by atoms with Gasteiger partial charge in [-0.3, -0.25) is 0 Å². The number of rotatable bonds is 7. The number of ether oxygens (including phenoxy) is 5. The minimum atomic E-state index is -0.434. The maximum absolute atomic E-state index is 11.8. The van der Waals surface area contributed by atoms with Crippen molar-refractivity contribution in [2.45, 2.75) is 6.92 Å². The Bertz CT molecular complexity index is 1080. The van der Waals surface area contributed by atoms with E-state index in [0.717, 1.165) is 16.2 Å². The average molecular weight is 396 g/mol. The Morgan fingerprint density at radius 3 is 1.97 bits per heavy atom. The van der Waals surface area contributed by atoms with E-state index < -0.39 is 5.97 Å². The van der Waals surface area contributed by atoms with Crippen LogP contribution in [0, 0.1) is 0 Å². The third-order valence-corrected chi connectivity index (χ3v) is 4.66. The SMILES string of the molecule is CCOC(=O)/C=C/c1cc(OC)c2c(OC)c3ccccc3c(OC)c2c1OC. The molecule has 0 spiro atoms. The van der Waals surface area contributed by atoms with Gasteiger partial charge in [-0.2, -0.15) is 0 Å². The molecule has 0 unspecified atom stereocenters. The van der Waals surface area contributed by atoms with E-state index in [4.69, 9.17) is 23.7 Å². The molecule has 0 heterocycles. The first kappa shape index (κ1) is 20.3. The summed E-state index contributed by atoms with van der Waals surface area (Å²) in [4.78, 5) is 11.8. The van der Waals surface area contributed by atoms with E-state index in [-0.39, 0.29) is 0 Å². The van der Waals surface area contributed by atoms with Crippen LogP contribution in [-0.2, 0) is 9.53 Å². The van der Waals surface area contributed by atoms with Crippen LogP contribution in [0.2, 0.25) is 0 Å². The second-order valence-electron chi connectivity index (χ2n) is 6.15. The van der Waals surface area contributed by atoms with Crippen LogP contribution in [0.5, 0.6) is 23.0 Å². The van der Waals surface area contributed by atoms with Gasteiger partial charge in [0.15, 0.2) is 0 Å². The van der Waals surface area contributed by atoms with Gasteiger partial charge in [0.2, 0.25) is 0 Å². The highest BCUT2D eigenvalue weighted by Crippen LogP contribution is 2.51. The van der Waals surface area contributed by atoms with Gasteiger partial charge in [0.05, 0.1) is 45.8 Å². The molecule has 0 aromatic heterocycles. The van der Waals surface area contributed by atoms with Crippen molar-refractivity contribution in [1.29, 1.82) is 0 Å². The quantitative estimate of drug-likeness (QED) is 0.330. The molecule has 0 fully saturated rings. The number of carbonyl (C=O) groups is 1. The summed E-state index contributed by atoms with van der Waals surface area (Å²) in [6.07, 6.45) is 3.00. The fourth-order valence-corrected chi connectivity index (χ4v) is 3.53. The van der Waals surface area contributed by atoms with Crippen molar-refractivity contribution in [2.24, 2.45) is 0 Å². The van der Waals surface area contributed by atoms with E-state index in [1.807, 2.05) is 24.3 Å². The largest absolute Gasteiger partial charge is 0.496 e. The molecule has 0 N–H and O–H groups in total. The Morgan fingerprint density at radius 2 is 1.45 bits per heavy atom. The van der Waals surface area contributed by atoms with E-state index in [9.17, 15) is 4.79 Å². The lowest BCUT2D eigenvalue weighted by Crippen LogP contribution is -2.00. The van der Waals surface area contributed by atoms with Crippen LogP contribution in [-0.4, -0.2) is 41.0 Å². The smallest absolute Gasteiger partial charge is 0.330 e. The molecular weight excluding hydrogens is 372 g/mol. The number of methoxy groups -OCH3 is 4. The lowest BCUT2D eigenvalue weighted by molar-refractivity contribution is -0.137. The molecule has 3 aromatic rings. The summed E-state index contributed by atoms with van der Waals surface area (Å²) in [7, 11) is 6.39. The molecule has 0 radical (unpaired) electrons. The van der Waals surface area contributed by atoms with Crippen LogP contribution in [0.1, 0.15) is 12.5 Å². The van der Waals surface area contributed by atoms with Gasteiger partial charge in [0.1, 0.15) is 23.0 Å². The van der Waals surface area contributed by atoms with Crippen LogP contribution < -0.4 is 18.9 Å². The van der Waals surface area contributed by atoms with E-state index in [1.54, 1.807) is 47.5 Å². The van der Waals surface area contributed by atoms with Crippen molar-refractivity contribution in [3.63, 3.8) is 0 Å². The lowest BCUT2D eigenvalue weighted by atomic mass is 9.96. The molecule has 0 saturated carbocycles. The van der Waals surface area contributed by atoms with Crippen molar-refractivity contribution in [3.05, 3.63) is 42.0 Å². The number of esters is 1. The number of benzene rings is 3. The van der Waals surface area contributed by atoms with Crippen molar-refractivity contribution >= 4 is 33.6 Å². The zero-order valence-corrected chi connectivity index (χ0v) is 17.2. The zero-order chi connectivity index (χ0) is 21.0. The summed E-state index contributed by atoms with van der Waals surface area (Å²) in [5.41, 5.74) is 0.653. The fraction of sp³-hybridized carbons (Fsp3) is 0.261. The maximum Gasteiger partial charge on any atom is 0.330 e. The number of hydrogen-bond acceptors (Lipinski definition) is 6. The van der Waals surface area contributed by atoms with E-state index >= 15 is 0 Å². The highest BCUT2D eigenvalue weighted by molar-refractivity contribution is 6.16. The fourth-order valence-electron chi connectivity index (χ4n) is 3.53. The topological polar surface area (TPSA) is 63.2 Å². The third kappa shape index (κ3) is 3.53. The summed E-state index contributed by atoms with van der Waals surface area (Å²) in [6, 6.07) is 9.61. The van der Waals surface area contributed by atoms with Crippen LogP contribution in [0.25, 0.3) is 27.6 Å². The Kier molecular flexibility index (Phi) is 6.12. The highest BCUT2D eigenvalue weighted by atomic mass is 16.5. The minimum absolute atomic E-state index is 0.304. The summed E-state index contributed by atoms with van der Waals surface area (Å²) < 4.78 is 28.0. The number of fused-ring (bicyclic) bond motifs is 2. The average Bonchev–Trinajstić information content (AvgIpc) is 2.75. The van der Waals surface area contributed by atoms with Crippen molar-refractivity contribution < 1.29 is 28.5 Å². The predicted octanol–water partition coefficient (Wildman–Crippen LogP) is 4.60. The van der Waals surface area contributed by atoms with Crippen molar-refractivity contribution in [3.8, 4) is 23.0 Å². The molecule has 0 saturated heterocycles. The molecule has 3 rings (SSSR count). The summed E-state index contributed by atoms with van der Waals surface area (Å²) >= 11 is 0. The monoisotopic (exact) mass is 396 g/mol. The molecule has 0 atom stereocenters. The standard InChI is InChI=1S/C23H24O6/c1-6-29-18(24)12-11-14-13-17(25-2)19-20(21(14)26-3)23(28-5)16-10-8-7-9-15(16)22(19)27-4/h7-13H,6H2,1-5H3/b12-11+. The normalized spacial score (nSPS) is 11.1. The summed E-state index contributed by atoms with van der Waals surface area (Å²) in [5.74, 6) is 1.98. The molecule has 0 aliphatic rings. The zero-order valence-electron chi connectivity index (χ0n) is 17.2. The highest BCUT2D eigenvalue weighted by Gasteiger charge is 2.23. The number of hydrogen-bond donors (Lipinski definition) is 0. The molecule has 3 aromatic carbocycles. The van der Waals surface area contributed by atoms with Crippen LogP contribution >= 0.6 is 0 Å². The first-order chi connectivity index (χ1) is 14.1. The third-order valence-electron chi connectivity index (χ3n) is 4.66. The Labute approximate surface area is 169 Å². The van der Waals surface area contributed by atoms with Crippen molar-refractivity contribution in [2.75, 3.05) is 35.0 Å². The van der Waals surface area contributed by atoms with Crippen LogP contribution in [0.3, 0.4) is 0 Å². The minimum Gasteiger partial charge on any atom is -0.496 e. The predicted molar refractivity (Wildman–Crippen MR) is 113 cm³/mol. The summed E-state index contributed by atoms with van der Waals surface area (Å²) in [5, 5.41) is 3.21. The van der Waals surface area contributed by atoms with Gasteiger partial charge in [-0.1, -0.05) is 24.3 Å². The Morgan fingerprint density at radius 1 is 0.862 bits per heavy atom. The van der Waals surface area contributed by atoms with Gasteiger partial charge in [-0.05, 0) is 19.1 Å². The van der Waals surface area contributed by atoms with Crippen molar-refractivity contribution in [1.82, 2.24) is 0 Å². The van der Waals surface area contributed by atoms with Gasteiger partial charge in [-0.15, -0.1) is 0 Å². The first-order valence-corrected chi connectivity index (χ1v) is 9.17. The summed E-state index contributed by atoms with van der Waals surface area (Å²) in [6.45, 7) is 2.06. The maximum atomic E-state index is 11.8. The second-order valence-corrected chi connectivity index (χ2v) is 6.15. The molecular formula is C23H24O6. The molecule has 6 nitrogen and oxygen atoms in total. The Balaban J connectivity index is 2.47. The van der Waals surface area contributed by atoms with Gasteiger partial charge < -0.3 is 23.7 Å². The second kappa shape index (κ2) is 8.73. The van der Waals surface area contributed by atoms with Crippen LogP contribution in [0.15, 0.2) is 36.4 Å². The van der Waals surface area contributed by atoms with E-state index in [1.165, 1.54) is 6.08 Å². The molecule has 152 valence electrons. The van der Waals surface area contributed by atoms with Gasteiger partial charge in [0, 0.05) is 22.4 Å². The van der Waals surface area contributed by atoms with E-state index in [2.05, 4.69) is 0 Å². The van der Waals surface area contributed by atoms with Gasteiger partial charge in [-0.25, -0.2) is 4.79 Å². The molecule has 0 bridgehead atoms. The molecule has 0 amide bonds. The van der Waals surface area contributed by atoms with Gasteiger partial charge >= 0.3 is 5.97 Å². The first-order valence-electron chi connectivity index (χ1n) is 9.17. The molecule has 29 heavy (non-hydrogen) atoms. The van der Waals surface area contributed by atoms with Gasteiger partial charge in [0.25, 0.3) is 0 Å². The van der Waals surface area contributed by atoms with Crippen LogP contribution in [0.4, 0.5) is 0 Å². The molecule has 0 aliphatic carbocycles.